The topological polar surface area (TPSA) is 32.7 Å². The number of hydrogen-bond donors (Lipinski definition) is 1. The SMILES string of the molecule is C=C(O)N(C)[C@H](CCC)C(C)O/C=C/CF. The van der Waals surface area contributed by atoms with E-state index in [0.29, 0.717) is 0 Å². The average molecular weight is 231 g/mol. The normalized spacial score (nSPS) is 14.8. The Balaban J connectivity index is 4.38. The molecule has 0 aliphatic rings. The van der Waals surface area contributed by atoms with Crippen LogP contribution in [0.1, 0.15) is 26.7 Å². The number of aliphatic hydroxyl groups is 1. The molecular formula is C12H22FNO2. The van der Waals surface area contributed by atoms with Crippen LogP contribution < -0.4 is 0 Å². The molecule has 94 valence electrons. The van der Waals surface area contributed by atoms with Gasteiger partial charge in [0.05, 0.1) is 12.3 Å². The maximum absolute atomic E-state index is 11.8. The summed E-state index contributed by atoms with van der Waals surface area (Å²) in [7, 11) is 1.77. The van der Waals surface area contributed by atoms with Crippen LogP contribution in [0.4, 0.5) is 4.39 Å². The highest BCUT2D eigenvalue weighted by molar-refractivity contribution is 4.88. The summed E-state index contributed by atoms with van der Waals surface area (Å²) in [5, 5.41) is 9.34. The van der Waals surface area contributed by atoms with Crippen LogP contribution >= 0.6 is 0 Å². The third-order valence-corrected chi connectivity index (χ3v) is 2.51. The fourth-order valence-electron chi connectivity index (χ4n) is 1.54. The first-order valence-corrected chi connectivity index (χ1v) is 5.51. The van der Waals surface area contributed by atoms with E-state index in [9.17, 15) is 9.50 Å². The first-order valence-electron chi connectivity index (χ1n) is 5.51. The largest absolute Gasteiger partial charge is 0.496 e. The van der Waals surface area contributed by atoms with Crippen molar-refractivity contribution in [3.63, 3.8) is 0 Å². The summed E-state index contributed by atoms with van der Waals surface area (Å²) in [5.74, 6) is 0.0170. The summed E-state index contributed by atoms with van der Waals surface area (Å²) < 4.78 is 17.2. The summed E-state index contributed by atoms with van der Waals surface area (Å²) in [6.07, 6.45) is 4.40. The molecule has 0 heterocycles. The Morgan fingerprint density at radius 1 is 1.62 bits per heavy atom. The Morgan fingerprint density at radius 2 is 2.25 bits per heavy atom. The third kappa shape index (κ3) is 5.05. The Morgan fingerprint density at radius 3 is 2.69 bits per heavy atom. The minimum Gasteiger partial charge on any atom is -0.496 e. The van der Waals surface area contributed by atoms with Crippen LogP contribution in [-0.4, -0.2) is 35.9 Å². The molecule has 1 N–H and O–H groups in total. The van der Waals surface area contributed by atoms with Gasteiger partial charge in [0, 0.05) is 7.05 Å². The molecule has 0 saturated heterocycles. The molecule has 2 atom stereocenters. The zero-order chi connectivity index (χ0) is 12.6. The summed E-state index contributed by atoms with van der Waals surface area (Å²) in [5.41, 5.74) is 0. The molecule has 0 spiro atoms. The third-order valence-electron chi connectivity index (χ3n) is 2.51. The highest BCUT2D eigenvalue weighted by Crippen LogP contribution is 2.15. The molecule has 3 nitrogen and oxygen atoms in total. The molecule has 1 unspecified atom stereocenters. The highest BCUT2D eigenvalue weighted by atomic mass is 19.1. The molecule has 4 heteroatoms. The lowest BCUT2D eigenvalue weighted by atomic mass is 10.1. The second kappa shape index (κ2) is 8.02. The van der Waals surface area contributed by atoms with Crippen molar-refractivity contribution in [1.29, 1.82) is 0 Å². The van der Waals surface area contributed by atoms with Crippen molar-refractivity contribution in [2.75, 3.05) is 13.7 Å². The quantitative estimate of drug-likeness (QED) is 0.652. The minimum atomic E-state index is -0.534. The van der Waals surface area contributed by atoms with Crippen LogP contribution in [0, 0.1) is 0 Å². The van der Waals surface area contributed by atoms with Crippen molar-refractivity contribution in [3.05, 3.63) is 24.8 Å². The number of alkyl halides is 1. The number of aliphatic hydroxyl groups excluding tert-OH is 1. The lowest BCUT2D eigenvalue weighted by Gasteiger charge is -2.32. The fraction of sp³-hybridized carbons (Fsp3) is 0.667. The van der Waals surface area contributed by atoms with Crippen molar-refractivity contribution in [2.24, 2.45) is 0 Å². The Labute approximate surface area is 97.2 Å². The molecular weight excluding hydrogens is 209 g/mol. The number of rotatable bonds is 8. The van der Waals surface area contributed by atoms with Crippen molar-refractivity contribution >= 4 is 0 Å². The van der Waals surface area contributed by atoms with Crippen LogP contribution in [0.15, 0.2) is 24.8 Å². The summed E-state index contributed by atoms with van der Waals surface area (Å²) >= 11 is 0. The number of hydrogen-bond acceptors (Lipinski definition) is 3. The molecule has 0 aliphatic carbocycles. The van der Waals surface area contributed by atoms with Crippen LogP contribution in [0.25, 0.3) is 0 Å². The number of halogens is 1. The van der Waals surface area contributed by atoms with E-state index in [1.54, 1.807) is 11.9 Å². The van der Waals surface area contributed by atoms with Crippen molar-refractivity contribution in [2.45, 2.75) is 38.8 Å². The van der Waals surface area contributed by atoms with Gasteiger partial charge in [-0.1, -0.05) is 13.3 Å². The van der Waals surface area contributed by atoms with Gasteiger partial charge in [0.2, 0.25) is 0 Å². The van der Waals surface area contributed by atoms with Crippen LogP contribution in [0.2, 0.25) is 0 Å². The van der Waals surface area contributed by atoms with Gasteiger partial charge in [-0.15, -0.1) is 0 Å². The molecule has 16 heavy (non-hydrogen) atoms. The minimum absolute atomic E-state index is 0.0170. The second-order valence-corrected chi connectivity index (χ2v) is 3.75. The summed E-state index contributed by atoms with van der Waals surface area (Å²) in [6, 6.07) is 0.0340. The molecule has 0 aromatic carbocycles. The van der Waals surface area contributed by atoms with Gasteiger partial charge in [0.15, 0.2) is 5.88 Å². The van der Waals surface area contributed by atoms with E-state index in [1.165, 1.54) is 12.3 Å². The fourth-order valence-corrected chi connectivity index (χ4v) is 1.54. The average Bonchev–Trinajstić information content (AvgIpc) is 2.25. The van der Waals surface area contributed by atoms with Gasteiger partial charge in [0.1, 0.15) is 12.8 Å². The molecule has 0 aliphatic heterocycles. The van der Waals surface area contributed by atoms with Crippen LogP contribution in [0.5, 0.6) is 0 Å². The van der Waals surface area contributed by atoms with E-state index in [-0.39, 0.29) is 18.0 Å². The molecule has 0 rings (SSSR count). The predicted molar refractivity (Wildman–Crippen MR) is 63.9 cm³/mol. The Kier molecular flexibility index (Phi) is 7.42. The van der Waals surface area contributed by atoms with Gasteiger partial charge in [0.25, 0.3) is 0 Å². The summed E-state index contributed by atoms with van der Waals surface area (Å²) in [6.45, 7) is 6.90. The molecule has 0 saturated carbocycles. The standard InChI is InChI=1S/C12H22FNO2/c1-5-7-12(14(4)11(3)15)10(2)16-9-6-8-13/h6,9-10,12,15H,3,5,7-8H2,1-2,4H3/b9-6+/t10?,12-/m1/s1. The Hall–Kier alpha value is -1.19. The number of ether oxygens (including phenoxy) is 1. The molecule has 0 aromatic rings. The zero-order valence-electron chi connectivity index (χ0n) is 10.3. The monoisotopic (exact) mass is 231 g/mol. The van der Waals surface area contributed by atoms with Gasteiger partial charge in [-0.05, 0) is 26.0 Å². The lowest BCUT2D eigenvalue weighted by Crippen LogP contribution is -2.39. The van der Waals surface area contributed by atoms with Gasteiger partial charge in [-0.2, -0.15) is 0 Å². The zero-order valence-corrected chi connectivity index (χ0v) is 10.3. The molecule has 0 radical (unpaired) electrons. The second-order valence-electron chi connectivity index (χ2n) is 3.75. The lowest BCUT2D eigenvalue weighted by molar-refractivity contribution is 0.0492. The van der Waals surface area contributed by atoms with Gasteiger partial charge >= 0.3 is 0 Å². The first kappa shape index (κ1) is 14.8. The van der Waals surface area contributed by atoms with Crippen molar-refractivity contribution < 1.29 is 14.2 Å². The van der Waals surface area contributed by atoms with Gasteiger partial charge in [-0.25, -0.2) is 4.39 Å². The van der Waals surface area contributed by atoms with Crippen molar-refractivity contribution in [3.8, 4) is 0 Å². The van der Waals surface area contributed by atoms with Crippen LogP contribution in [-0.2, 0) is 4.74 Å². The molecule has 0 bridgehead atoms. The van der Waals surface area contributed by atoms with E-state index >= 15 is 0 Å². The van der Waals surface area contributed by atoms with Gasteiger partial charge in [-0.3, -0.25) is 0 Å². The van der Waals surface area contributed by atoms with E-state index < -0.39 is 6.67 Å². The maximum Gasteiger partial charge on any atom is 0.179 e. The predicted octanol–water partition coefficient (Wildman–Crippen LogP) is 3.00. The first-order chi connectivity index (χ1) is 7.54. The molecule has 0 aromatic heterocycles. The van der Waals surface area contributed by atoms with Crippen LogP contribution in [0.3, 0.4) is 0 Å². The van der Waals surface area contributed by atoms with Crippen molar-refractivity contribution in [1.82, 2.24) is 4.90 Å². The number of nitrogens with zero attached hydrogens (tertiary/aromatic N) is 1. The summed E-state index contributed by atoms with van der Waals surface area (Å²) in [4.78, 5) is 1.68. The van der Waals surface area contributed by atoms with Gasteiger partial charge < -0.3 is 14.7 Å². The smallest absolute Gasteiger partial charge is 0.179 e. The highest BCUT2D eigenvalue weighted by Gasteiger charge is 2.22. The maximum atomic E-state index is 11.8. The van der Waals surface area contributed by atoms with E-state index in [1.807, 2.05) is 6.92 Å². The molecule has 0 amide bonds. The Bertz CT molecular complexity index is 231. The van der Waals surface area contributed by atoms with E-state index in [0.717, 1.165) is 12.8 Å². The number of allylic oxidation sites excluding steroid dienone is 1. The molecule has 0 fully saturated rings. The van der Waals surface area contributed by atoms with E-state index in [4.69, 9.17) is 4.74 Å². The number of likely N-dealkylation sites (N-methyl/N-ethyl adjacent to an activating group) is 1. The van der Waals surface area contributed by atoms with E-state index in [2.05, 4.69) is 13.5 Å².